The maximum atomic E-state index is 11.6. The number of aliphatic imine (C=N–C) groups is 1. The monoisotopic (exact) mass is 494 g/mol. The van der Waals surface area contributed by atoms with E-state index >= 15 is 0 Å². The summed E-state index contributed by atoms with van der Waals surface area (Å²) < 4.78 is 29.1. The summed E-state index contributed by atoms with van der Waals surface area (Å²) in [5.41, 5.74) is 0. The van der Waals surface area contributed by atoms with E-state index in [1.165, 1.54) is 0 Å². The molecule has 1 aromatic rings. The summed E-state index contributed by atoms with van der Waals surface area (Å²) in [5, 5.41) is 3.31. The van der Waals surface area contributed by atoms with E-state index in [2.05, 4.69) is 20.2 Å². The number of hydrogen-bond acceptors (Lipinski definition) is 5. The molecule has 1 aromatic heterocycles. The standard InChI is InChI=1S/C17H26N4O3S.HI/c1-2-18-17(20-11-14-7-10-25(22,23)13-14)21-9-6-15(12-21)24-16-5-3-4-8-19-16;/h3-5,8,14-15H,2,6-7,9-13H2,1H3,(H,18,20);1H. The number of hydrogen-bond donors (Lipinski definition) is 1. The molecular weight excluding hydrogens is 467 g/mol. The van der Waals surface area contributed by atoms with Crippen LogP contribution in [0.1, 0.15) is 19.8 Å². The van der Waals surface area contributed by atoms with E-state index in [0.29, 0.717) is 18.2 Å². The highest BCUT2D eigenvalue weighted by Crippen LogP contribution is 2.20. The smallest absolute Gasteiger partial charge is 0.213 e. The molecule has 0 aliphatic carbocycles. The zero-order valence-corrected chi connectivity index (χ0v) is 18.2. The van der Waals surface area contributed by atoms with Crippen LogP contribution in [0.4, 0.5) is 0 Å². The molecule has 3 rings (SSSR count). The third-order valence-electron chi connectivity index (χ3n) is 4.53. The SMILES string of the molecule is CCNC(=NCC1CCS(=O)(=O)C1)N1CCC(Oc2ccccn2)C1.I. The lowest BCUT2D eigenvalue weighted by atomic mass is 10.1. The van der Waals surface area contributed by atoms with E-state index in [0.717, 1.165) is 38.4 Å². The molecule has 146 valence electrons. The Balaban J connectivity index is 0.00000243. The molecule has 0 spiro atoms. The molecule has 7 nitrogen and oxygen atoms in total. The molecule has 2 fully saturated rings. The van der Waals surface area contributed by atoms with E-state index in [4.69, 9.17) is 4.74 Å². The Bertz CT molecular complexity index is 699. The molecule has 9 heteroatoms. The molecule has 1 N–H and O–H groups in total. The molecule has 0 amide bonds. The van der Waals surface area contributed by atoms with Crippen molar-refractivity contribution in [2.75, 3.05) is 37.7 Å². The van der Waals surface area contributed by atoms with Crippen LogP contribution < -0.4 is 10.1 Å². The van der Waals surface area contributed by atoms with Crippen LogP contribution in [0.15, 0.2) is 29.4 Å². The van der Waals surface area contributed by atoms with Crippen molar-refractivity contribution in [1.82, 2.24) is 15.2 Å². The third-order valence-corrected chi connectivity index (χ3v) is 6.37. The second kappa shape index (κ2) is 9.72. The van der Waals surface area contributed by atoms with E-state index < -0.39 is 9.84 Å². The molecule has 0 saturated carbocycles. The quantitative estimate of drug-likeness (QED) is 0.380. The Hall–Kier alpha value is -1.10. The van der Waals surface area contributed by atoms with Gasteiger partial charge in [0.15, 0.2) is 15.8 Å². The molecule has 0 radical (unpaired) electrons. The van der Waals surface area contributed by atoms with Gasteiger partial charge in [0, 0.05) is 38.3 Å². The lowest BCUT2D eigenvalue weighted by Crippen LogP contribution is -2.41. The van der Waals surface area contributed by atoms with E-state index in [-0.39, 0.29) is 41.8 Å². The molecule has 2 atom stereocenters. The van der Waals surface area contributed by atoms with Crippen molar-refractivity contribution in [3.63, 3.8) is 0 Å². The minimum atomic E-state index is -2.85. The average molecular weight is 494 g/mol. The minimum Gasteiger partial charge on any atom is -0.472 e. The number of nitrogens with zero attached hydrogens (tertiary/aromatic N) is 3. The number of sulfone groups is 1. The van der Waals surface area contributed by atoms with Gasteiger partial charge in [-0.3, -0.25) is 4.99 Å². The van der Waals surface area contributed by atoms with Gasteiger partial charge in [-0.15, -0.1) is 24.0 Å². The van der Waals surface area contributed by atoms with Crippen LogP contribution in [0.3, 0.4) is 0 Å². The molecule has 26 heavy (non-hydrogen) atoms. The van der Waals surface area contributed by atoms with Gasteiger partial charge in [-0.1, -0.05) is 6.07 Å². The second-order valence-electron chi connectivity index (χ2n) is 6.61. The van der Waals surface area contributed by atoms with Gasteiger partial charge < -0.3 is 15.0 Å². The third kappa shape index (κ3) is 5.97. The molecule has 2 unspecified atom stereocenters. The van der Waals surface area contributed by atoms with Crippen LogP contribution in [-0.2, 0) is 9.84 Å². The first-order chi connectivity index (χ1) is 12.1. The largest absolute Gasteiger partial charge is 0.472 e. The van der Waals surface area contributed by atoms with Gasteiger partial charge in [0.25, 0.3) is 0 Å². The number of pyridine rings is 1. The number of guanidine groups is 1. The zero-order valence-electron chi connectivity index (χ0n) is 15.0. The van der Waals surface area contributed by atoms with E-state index in [1.54, 1.807) is 6.20 Å². The molecule has 2 aliphatic rings. The van der Waals surface area contributed by atoms with Crippen molar-refractivity contribution in [2.24, 2.45) is 10.9 Å². The zero-order chi connectivity index (χ0) is 17.7. The van der Waals surface area contributed by atoms with Crippen LogP contribution in [0.25, 0.3) is 0 Å². The number of halogens is 1. The maximum absolute atomic E-state index is 11.6. The van der Waals surface area contributed by atoms with Gasteiger partial charge in [0.2, 0.25) is 5.88 Å². The molecule has 0 aromatic carbocycles. The number of likely N-dealkylation sites (tertiary alicyclic amines) is 1. The van der Waals surface area contributed by atoms with Gasteiger partial charge >= 0.3 is 0 Å². The Kier molecular flexibility index (Phi) is 7.93. The van der Waals surface area contributed by atoms with Gasteiger partial charge in [-0.2, -0.15) is 0 Å². The fourth-order valence-electron chi connectivity index (χ4n) is 3.26. The predicted octanol–water partition coefficient (Wildman–Crippen LogP) is 1.55. The van der Waals surface area contributed by atoms with Gasteiger partial charge in [0.05, 0.1) is 18.1 Å². The topological polar surface area (TPSA) is 83.9 Å². The van der Waals surface area contributed by atoms with Crippen molar-refractivity contribution < 1.29 is 13.2 Å². The van der Waals surface area contributed by atoms with Crippen molar-refractivity contribution in [2.45, 2.75) is 25.9 Å². The Labute approximate surface area is 172 Å². The summed E-state index contributed by atoms with van der Waals surface area (Å²) in [6.07, 6.45) is 3.45. The summed E-state index contributed by atoms with van der Waals surface area (Å²) in [4.78, 5) is 11.1. The summed E-state index contributed by atoms with van der Waals surface area (Å²) in [6, 6.07) is 5.64. The molecule has 0 bridgehead atoms. The number of aromatic nitrogens is 1. The predicted molar refractivity (Wildman–Crippen MR) is 113 cm³/mol. The van der Waals surface area contributed by atoms with E-state index in [1.807, 2.05) is 25.1 Å². The van der Waals surface area contributed by atoms with Crippen molar-refractivity contribution in [1.29, 1.82) is 0 Å². The summed E-state index contributed by atoms with van der Waals surface area (Å²) in [7, 11) is -2.85. The fourth-order valence-corrected chi connectivity index (χ4v) is 5.11. The van der Waals surface area contributed by atoms with Crippen molar-refractivity contribution >= 4 is 39.8 Å². The highest BCUT2D eigenvalue weighted by atomic mass is 127. The van der Waals surface area contributed by atoms with Crippen molar-refractivity contribution in [3.05, 3.63) is 24.4 Å². The Morgan fingerprint density at radius 1 is 1.42 bits per heavy atom. The summed E-state index contributed by atoms with van der Waals surface area (Å²) in [6.45, 7) is 5.00. The highest BCUT2D eigenvalue weighted by Gasteiger charge is 2.29. The first-order valence-corrected chi connectivity index (χ1v) is 10.7. The van der Waals surface area contributed by atoms with Crippen LogP contribution in [0, 0.1) is 5.92 Å². The first-order valence-electron chi connectivity index (χ1n) is 8.87. The van der Waals surface area contributed by atoms with Crippen molar-refractivity contribution in [3.8, 4) is 5.88 Å². The number of rotatable bonds is 5. The Morgan fingerprint density at radius 2 is 2.27 bits per heavy atom. The molecule has 3 heterocycles. The normalized spacial score (nSPS) is 25.0. The van der Waals surface area contributed by atoms with E-state index in [9.17, 15) is 8.42 Å². The van der Waals surface area contributed by atoms with Crippen LogP contribution >= 0.6 is 24.0 Å². The van der Waals surface area contributed by atoms with Gasteiger partial charge in [0.1, 0.15) is 6.10 Å². The summed E-state index contributed by atoms with van der Waals surface area (Å²) >= 11 is 0. The Morgan fingerprint density at radius 3 is 2.92 bits per heavy atom. The maximum Gasteiger partial charge on any atom is 0.213 e. The lowest BCUT2D eigenvalue weighted by molar-refractivity contribution is 0.205. The number of nitrogens with one attached hydrogen (secondary N) is 1. The molecule has 2 aliphatic heterocycles. The average Bonchev–Trinajstić information content (AvgIpc) is 3.19. The molecular formula is C17H27IN4O3S. The fraction of sp³-hybridized carbons (Fsp3) is 0.647. The van der Waals surface area contributed by atoms with Crippen LogP contribution in [-0.4, -0.2) is 68.0 Å². The first kappa shape index (κ1) is 21.2. The van der Waals surface area contributed by atoms with Gasteiger partial charge in [-0.05, 0) is 25.3 Å². The second-order valence-corrected chi connectivity index (χ2v) is 8.83. The summed E-state index contributed by atoms with van der Waals surface area (Å²) in [5.74, 6) is 2.20. The van der Waals surface area contributed by atoms with Crippen LogP contribution in [0.2, 0.25) is 0 Å². The highest BCUT2D eigenvalue weighted by molar-refractivity contribution is 14.0. The minimum absolute atomic E-state index is 0. The van der Waals surface area contributed by atoms with Crippen LogP contribution in [0.5, 0.6) is 5.88 Å². The lowest BCUT2D eigenvalue weighted by Gasteiger charge is -2.22. The molecule has 2 saturated heterocycles. The van der Waals surface area contributed by atoms with Gasteiger partial charge in [-0.25, -0.2) is 13.4 Å². The number of ether oxygens (including phenoxy) is 1.